The molecule has 106 valence electrons. The van der Waals surface area contributed by atoms with E-state index in [4.69, 9.17) is 0 Å². The molecule has 0 saturated carbocycles. The summed E-state index contributed by atoms with van der Waals surface area (Å²) < 4.78 is 0.876. The van der Waals surface area contributed by atoms with Gasteiger partial charge in [-0.1, -0.05) is 0 Å². The molecule has 1 aliphatic heterocycles. The maximum absolute atomic E-state index is 11.3. The Morgan fingerprint density at radius 1 is 1.55 bits per heavy atom. The van der Waals surface area contributed by atoms with Crippen LogP contribution in [-0.2, 0) is 0 Å². The Hall–Kier alpha value is -1.73. The highest BCUT2D eigenvalue weighted by molar-refractivity contribution is 7.18. The first-order chi connectivity index (χ1) is 9.54. The Balaban J connectivity index is 2.11. The lowest BCUT2D eigenvalue weighted by molar-refractivity contribution is -0.384. The number of nitrogens with one attached hydrogen (secondary N) is 1. The zero-order valence-electron chi connectivity index (χ0n) is 11.4. The number of aryl methyl sites for hydroxylation is 1. The van der Waals surface area contributed by atoms with Crippen molar-refractivity contribution >= 4 is 32.9 Å². The highest BCUT2D eigenvalue weighted by Crippen LogP contribution is 2.35. The van der Waals surface area contributed by atoms with Crippen LogP contribution in [0.25, 0.3) is 10.2 Å². The molecule has 1 N–H and O–H groups in total. The van der Waals surface area contributed by atoms with Crippen LogP contribution in [0.5, 0.6) is 0 Å². The molecule has 6 nitrogen and oxygen atoms in total. The van der Waals surface area contributed by atoms with Crippen LogP contribution in [0.4, 0.5) is 11.4 Å². The van der Waals surface area contributed by atoms with Crippen LogP contribution in [0.15, 0.2) is 12.1 Å². The average Bonchev–Trinajstić information content (AvgIpc) is 2.76. The molecule has 1 aliphatic rings. The fraction of sp³-hybridized carbons (Fsp3) is 0.462. The number of nitro benzene ring substituents is 1. The summed E-state index contributed by atoms with van der Waals surface area (Å²) in [7, 11) is 0. The van der Waals surface area contributed by atoms with Crippen molar-refractivity contribution in [3.8, 4) is 0 Å². The number of thiazole rings is 1. The van der Waals surface area contributed by atoms with Crippen molar-refractivity contribution in [1.82, 2.24) is 10.3 Å². The van der Waals surface area contributed by atoms with E-state index in [1.165, 1.54) is 11.3 Å². The minimum Gasteiger partial charge on any atom is -0.363 e. The standard InChI is InChI=1S/C13H16N4O2S/c1-8-7-16(4-3-14-8)11-5-10-13(20-9(2)15-10)6-12(11)17(18)19/h5-6,8,14H,3-4,7H2,1-2H3/t8-/m1/s1. The van der Waals surface area contributed by atoms with E-state index in [9.17, 15) is 10.1 Å². The molecule has 1 aromatic heterocycles. The van der Waals surface area contributed by atoms with Gasteiger partial charge in [-0.3, -0.25) is 10.1 Å². The largest absolute Gasteiger partial charge is 0.363 e. The van der Waals surface area contributed by atoms with Gasteiger partial charge >= 0.3 is 0 Å². The summed E-state index contributed by atoms with van der Waals surface area (Å²) in [5, 5.41) is 15.6. The number of hydrogen-bond acceptors (Lipinski definition) is 6. The second-order valence-electron chi connectivity index (χ2n) is 5.10. The predicted octanol–water partition coefficient (Wildman–Crippen LogP) is 2.31. The first kappa shape index (κ1) is 13.3. The van der Waals surface area contributed by atoms with Gasteiger partial charge in [0.2, 0.25) is 0 Å². The molecule has 20 heavy (non-hydrogen) atoms. The molecule has 0 amide bonds. The summed E-state index contributed by atoms with van der Waals surface area (Å²) in [6.45, 7) is 6.40. The molecule has 0 radical (unpaired) electrons. The first-order valence-corrected chi connectivity index (χ1v) is 7.40. The van der Waals surface area contributed by atoms with E-state index < -0.39 is 0 Å². The zero-order chi connectivity index (χ0) is 14.3. The lowest BCUT2D eigenvalue weighted by Gasteiger charge is -2.33. The highest BCUT2D eigenvalue weighted by Gasteiger charge is 2.25. The first-order valence-electron chi connectivity index (χ1n) is 6.58. The molecule has 0 spiro atoms. The van der Waals surface area contributed by atoms with Crippen LogP contribution in [0, 0.1) is 17.0 Å². The lowest BCUT2D eigenvalue weighted by atomic mass is 10.1. The Kier molecular flexibility index (Phi) is 3.31. The molecule has 1 saturated heterocycles. The Bertz CT molecular complexity index is 670. The number of rotatable bonds is 2. The molecule has 1 aromatic carbocycles. The second kappa shape index (κ2) is 4.99. The number of fused-ring (bicyclic) bond motifs is 1. The zero-order valence-corrected chi connectivity index (χ0v) is 12.2. The molecule has 2 aromatic rings. The summed E-state index contributed by atoms with van der Waals surface area (Å²) in [5.41, 5.74) is 1.70. The number of anilines is 1. The second-order valence-corrected chi connectivity index (χ2v) is 6.33. The maximum Gasteiger partial charge on any atom is 0.294 e. The van der Waals surface area contributed by atoms with Crippen molar-refractivity contribution < 1.29 is 4.92 Å². The summed E-state index contributed by atoms with van der Waals surface area (Å²) in [6, 6.07) is 3.84. The monoisotopic (exact) mass is 292 g/mol. The minimum absolute atomic E-state index is 0.176. The average molecular weight is 292 g/mol. The van der Waals surface area contributed by atoms with E-state index in [2.05, 4.69) is 22.1 Å². The molecular formula is C13H16N4O2S. The molecule has 2 heterocycles. The summed E-state index contributed by atoms with van der Waals surface area (Å²) in [4.78, 5) is 17.6. The van der Waals surface area contributed by atoms with E-state index in [-0.39, 0.29) is 10.6 Å². The van der Waals surface area contributed by atoms with Crippen LogP contribution in [0.1, 0.15) is 11.9 Å². The van der Waals surface area contributed by atoms with Gasteiger partial charge in [-0.05, 0) is 19.9 Å². The van der Waals surface area contributed by atoms with E-state index in [0.29, 0.717) is 11.7 Å². The van der Waals surface area contributed by atoms with Gasteiger partial charge in [0.05, 0.1) is 20.1 Å². The summed E-state index contributed by atoms with van der Waals surface area (Å²) in [6.07, 6.45) is 0. The number of nitro groups is 1. The van der Waals surface area contributed by atoms with Gasteiger partial charge < -0.3 is 10.2 Å². The molecular weight excluding hydrogens is 276 g/mol. The van der Waals surface area contributed by atoms with Gasteiger partial charge in [0.15, 0.2) is 0 Å². The molecule has 1 atom stereocenters. The van der Waals surface area contributed by atoms with Gasteiger partial charge in [0.1, 0.15) is 5.69 Å². The van der Waals surface area contributed by atoms with Gasteiger partial charge in [-0.25, -0.2) is 4.98 Å². The van der Waals surface area contributed by atoms with Crippen molar-refractivity contribution in [2.45, 2.75) is 19.9 Å². The number of hydrogen-bond donors (Lipinski definition) is 1. The van der Waals surface area contributed by atoms with Crippen molar-refractivity contribution in [1.29, 1.82) is 0 Å². The maximum atomic E-state index is 11.3. The van der Waals surface area contributed by atoms with Crippen LogP contribution in [-0.4, -0.2) is 35.6 Å². The number of benzene rings is 1. The van der Waals surface area contributed by atoms with Crippen molar-refractivity contribution in [2.75, 3.05) is 24.5 Å². The van der Waals surface area contributed by atoms with Crippen LogP contribution in [0.3, 0.4) is 0 Å². The van der Waals surface area contributed by atoms with Crippen molar-refractivity contribution in [3.05, 3.63) is 27.3 Å². The van der Waals surface area contributed by atoms with Crippen LogP contribution in [0.2, 0.25) is 0 Å². The lowest BCUT2D eigenvalue weighted by Crippen LogP contribution is -2.49. The molecule has 7 heteroatoms. The van der Waals surface area contributed by atoms with Crippen LogP contribution >= 0.6 is 11.3 Å². The predicted molar refractivity (Wildman–Crippen MR) is 80.7 cm³/mol. The van der Waals surface area contributed by atoms with Gasteiger partial charge in [-0.2, -0.15) is 0 Å². The topological polar surface area (TPSA) is 71.3 Å². The number of nitrogens with zero attached hydrogens (tertiary/aromatic N) is 3. The molecule has 1 fully saturated rings. The number of aromatic nitrogens is 1. The van der Waals surface area contributed by atoms with E-state index in [0.717, 1.165) is 34.9 Å². The molecule has 0 bridgehead atoms. The Morgan fingerprint density at radius 3 is 3.05 bits per heavy atom. The fourth-order valence-electron chi connectivity index (χ4n) is 2.62. The van der Waals surface area contributed by atoms with Crippen molar-refractivity contribution in [3.63, 3.8) is 0 Å². The normalized spacial score (nSPS) is 19.5. The fourth-order valence-corrected chi connectivity index (χ4v) is 3.46. The Labute approximate surface area is 120 Å². The number of piperazine rings is 1. The SMILES string of the molecule is Cc1nc2cc(N3CCN[C@H](C)C3)c([N+](=O)[O-])cc2s1. The highest BCUT2D eigenvalue weighted by atomic mass is 32.1. The summed E-state index contributed by atoms with van der Waals surface area (Å²) in [5.74, 6) is 0. The molecule has 0 unspecified atom stereocenters. The van der Waals surface area contributed by atoms with E-state index >= 15 is 0 Å². The van der Waals surface area contributed by atoms with Gasteiger partial charge in [0, 0.05) is 31.7 Å². The van der Waals surface area contributed by atoms with E-state index in [1.807, 2.05) is 13.0 Å². The summed E-state index contributed by atoms with van der Waals surface area (Å²) >= 11 is 1.49. The van der Waals surface area contributed by atoms with Crippen molar-refractivity contribution in [2.24, 2.45) is 0 Å². The minimum atomic E-state index is -0.295. The third-order valence-electron chi connectivity index (χ3n) is 3.50. The smallest absolute Gasteiger partial charge is 0.294 e. The van der Waals surface area contributed by atoms with Gasteiger partial charge in [0.25, 0.3) is 5.69 Å². The molecule has 0 aliphatic carbocycles. The Morgan fingerprint density at radius 2 is 2.35 bits per heavy atom. The quantitative estimate of drug-likeness (QED) is 0.679. The third-order valence-corrected chi connectivity index (χ3v) is 4.43. The van der Waals surface area contributed by atoms with Gasteiger partial charge in [-0.15, -0.1) is 11.3 Å². The molecule has 3 rings (SSSR count). The van der Waals surface area contributed by atoms with Crippen LogP contribution < -0.4 is 10.2 Å². The van der Waals surface area contributed by atoms with E-state index in [1.54, 1.807) is 6.07 Å². The third kappa shape index (κ3) is 2.34.